The first-order valence-electron chi connectivity index (χ1n) is 6.46. The van der Waals surface area contributed by atoms with E-state index in [0.29, 0.717) is 12.6 Å². The van der Waals surface area contributed by atoms with Crippen molar-refractivity contribution in [1.82, 2.24) is 10.3 Å². The van der Waals surface area contributed by atoms with Crippen LogP contribution in [0.3, 0.4) is 0 Å². The third-order valence-corrected chi connectivity index (χ3v) is 2.54. The van der Waals surface area contributed by atoms with Gasteiger partial charge in [-0.25, -0.2) is 0 Å². The molecule has 0 atom stereocenters. The molecule has 0 aliphatic carbocycles. The quantitative estimate of drug-likeness (QED) is 0.752. The van der Waals surface area contributed by atoms with Gasteiger partial charge in [0.1, 0.15) is 5.75 Å². The molecule has 100 valence electrons. The Balaban J connectivity index is 2.66. The molecule has 0 saturated carbocycles. The number of ether oxygens (including phenoxy) is 1. The standard InChI is InChI=1S/C15H24N2O/c1-11(2)8-9-18-15-7-6-13(5)17-14(15)10-16-12(3)4/h6-7,12,16H,1,8-10H2,2-5H3. The highest BCUT2D eigenvalue weighted by Crippen LogP contribution is 2.17. The van der Waals surface area contributed by atoms with E-state index >= 15 is 0 Å². The highest BCUT2D eigenvalue weighted by molar-refractivity contribution is 5.29. The molecule has 0 fully saturated rings. The van der Waals surface area contributed by atoms with E-state index in [1.165, 1.54) is 0 Å². The maximum absolute atomic E-state index is 5.77. The van der Waals surface area contributed by atoms with Crippen LogP contribution >= 0.6 is 0 Å². The fraction of sp³-hybridized carbons (Fsp3) is 0.533. The monoisotopic (exact) mass is 248 g/mol. The van der Waals surface area contributed by atoms with E-state index in [9.17, 15) is 0 Å². The van der Waals surface area contributed by atoms with E-state index in [0.717, 1.165) is 35.7 Å². The third-order valence-electron chi connectivity index (χ3n) is 2.54. The van der Waals surface area contributed by atoms with Crippen LogP contribution in [0, 0.1) is 6.92 Å². The number of nitrogens with zero attached hydrogens (tertiary/aromatic N) is 1. The zero-order valence-electron chi connectivity index (χ0n) is 11.9. The van der Waals surface area contributed by atoms with Crippen molar-refractivity contribution in [3.05, 3.63) is 35.7 Å². The number of hydrogen-bond acceptors (Lipinski definition) is 3. The van der Waals surface area contributed by atoms with E-state index in [1.54, 1.807) is 0 Å². The molecule has 1 rings (SSSR count). The molecule has 0 unspecified atom stereocenters. The van der Waals surface area contributed by atoms with Crippen LogP contribution in [0.4, 0.5) is 0 Å². The Hall–Kier alpha value is -1.35. The summed E-state index contributed by atoms with van der Waals surface area (Å²) in [6.07, 6.45) is 0.880. The van der Waals surface area contributed by atoms with Crippen LogP contribution in [0.25, 0.3) is 0 Å². The molecule has 18 heavy (non-hydrogen) atoms. The van der Waals surface area contributed by atoms with Crippen LogP contribution in [-0.4, -0.2) is 17.6 Å². The van der Waals surface area contributed by atoms with Crippen molar-refractivity contribution in [2.45, 2.75) is 46.7 Å². The molecule has 0 aromatic carbocycles. The predicted octanol–water partition coefficient (Wildman–Crippen LogP) is 3.23. The second-order valence-corrected chi connectivity index (χ2v) is 4.99. The van der Waals surface area contributed by atoms with E-state index in [2.05, 4.69) is 30.7 Å². The third kappa shape index (κ3) is 5.32. The van der Waals surface area contributed by atoms with Gasteiger partial charge in [0.25, 0.3) is 0 Å². The Labute approximate surface area is 110 Å². The molecule has 1 aromatic heterocycles. The van der Waals surface area contributed by atoms with Crippen molar-refractivity contribution in [3.63, 3.8) is 0 Å². The van der Waals surface area contributed by atoms with Crippen LogP contribution in [-0.2, 0) is 6.54 Å². The molecule has 3 heteroatoms. The predicted molar refractivity (Wildman–Crippen MR) is 75.9 cm³/mol. The number of nitrogens with one attached hydrogen (secondary N) is 1. The molecular weight excluding hydrogens is 224 g/mol. The summed E-state index contributed by atoms with van der Waals surface area (Å²) in [6, 6.07) is 4.42. The average molecular weight is 248 g/mol. The molecule has 0 bridgehead atoms. The van der Waals surface area contributed by atoms with Crippen LogP contribution in [0.5, 0.6) is 5.75 Å². The molecule has 0 aliphatic rings. The van der Waals surface area contributed by atoms with Crippen molar-refractivity contribution in [2.75, 3.05) is 6.61 Å². The SMILES string of the molecule is C=C(C)CCOc1ccc(C)nc1CNC(C)C. The lowest BCUT2D eigenvalue weighted by Crippen LogP contribution is -2.23. The molecule has 0 aliphatic heterocycles. The number of pyridine rings is 1. The van der Waals surface area contributed by atoms with Gasteiger partial charge in [-0.2, -0.15) is 0 Å². The minimum atomic E-state index is 0.440. The van der Waals surface area contributed by atoms with Gasteiger partial charge in [0, 0.05) is 24.7 Å². The van der Waals surface area contributed by atoms with Gasteiger partial charge >= 0.3 is 0 Å². The zero-order valence-corrected chi connectivity index (χ0v) is 11.9. The summed E-state index contributed by atoms with van der Waals surface area (Å²) in [7, 11) is 0. The molecular formula is C15H24N2O. The van der Waals surface area contributed by atoms with Gasteiger partial charge in [0.05, 0.1) is 12.3 Å². The second-order valence-electron chi connectivity index (χ2n) is 4.99. The number of aryl methyl sites for hydroxylation is 1. The fourth-order valence-electron chi connectivity index (χ4n) is 1.49. The molecule has 0 spiro atoms. The van der Waals surface area contributed by atoms with Gasteiger partial charge in [-0.1, -0.05) is 19.4 Å². The minimum Gasteiger partial charge on any atom is -0.491 e. The summed E-state index contributed by atoms with van der Waals surface area (Å²) in [5.74, 6) is 0.870. The van der Waals surface area contributed by atoms with E-state index in [-0.39, 0.29) is 0 Å². The van der Waals surface area contributed by atoms with Gasteiger partial charge in [-0.15, -0.1) is 6.58 Å². The number of aromatic nitrogens is 1. The maximum Gasteiger partial charge on any atom is 0.142 e. The van der Waals surface area contributed by atoms with E-state index < -0.39 is 0 Å². The normalized spacial score (nSPS) is 10.7. The molecule has 1 heterocycles. The lowest BCUT2D eigenvalue weighted by atomic mass is 10.2. The van der Waals surface area contributed by atoms with Crippen LogP contribution < -0.4 is 10.1 Å². The van der Waals surface area contributed by atoms with Crippen molar-refractivity contribution in [3.8, 4) is 5.75 Å². The Kier molecular flexibility index (Phi) is 5.86. The minimum absolute atomic E-state index is 0.440. The summed E-state index contributed by atoms with van der Waals surface area (Å²) in [4.78, 5) is 4.53. The van der Waals surface area contributed by atoms with Crippen molar-refractivity contribution >= 4 is 0 Å². The number of hydrogen-bond donors (Lipinski definition) is 1. The highest BCUT2D eigenvalue weighted by Gasteiger charge is 2.06. The maximum atomic E-state index is 5.77. The van der Waals surface area contributed by atoms with Crippen LogP contribution in [0.1, 0.15) is 38.6 Å². The topological polar surface area (TPSA) is 34.1 Å². The largest absolute Gasteiger partial charge is 0.491 e. The summed E-state index contributed by atoms with van der Waals surface area (Å²) in [5.41, 5.74) is 3.13. The Morgan fingerprint density at radius 3 is 2.78 bits per heavy atom. The smallest absolute Gasteiger partial charge is 0.142 e. The molecule has 1 N–H and O–H groups in total. The highest BCUT2D eigenvalue weighted by atomic mass is 16.5. The van der Waals surface area contributed by atoms with Gasteiger partial charge in [0.15, 0.2) is 0 Å². The molecule has 3 nitrogen and oxygen atoms in total. The Morgan fingerprint density at radius 2 is 2.17 bits per heavy atom. The van der Waals surface area contributed by atoms with Crippen molar-refractivity contribution in [2.24, 2.45) is 0 Å². The second kappa shape index (κ2) is 7.17. The Morgan fingerprint density at radius 1 is 1.44 bits per heavy atom. The molecule has 0 amide bonds. The van der Waals surface area contributed by atoms with Crippen LogP contribution in [0.15, 0.2) is 24.3 Å². The average Bonchev–Trinajstić information content (AvgIpc) is 2.28. The lowest BCUT2D eigenvalue weighted by Gasteiger charge is -2.13. The lowest BCUT2D eigenvalue weighted by molar-refractivity contribution is 0.315. The van der Waals surface area contributed by atoms with Gasteiger partial charge in [-0.3, -0.25) is 4.98 Å². The van der Waals surface area contributed by atoms with Gasteiger partial charge in [-0.05, 0) is 26.0 Å². The van der Waals surface area contributed by atoms with E-state index in [1.807, 2.05) is 26.0 Å². The summed E-state index contributed by atoms with van der Waals surface area (Å²) in [6.45, 7) is 13.5. The van der Waals surface area contributed by atoms with Gasteiger partial charge in [0.2, 0.25) is 0 Å². The van der Waals surface area contributed by atoms with Crippen molar-refractivity contribution in [1.29, 1.82) is 0 Å². The first-order chi connectivity index (χ1) is 8.49. The number of rotatable bonds is 7. The summed E-state index contributed by atoms with van der Waals surface area (Å²) < 4.78 is 5.77. The van der Waals surface area contributed by atoms with E-state index in [4.69, 9.17) is 4.74 Å². The molecule has 0 radical (unpaired) electrons. The first kappa shape index (κ1) is 14.7. The Bertz CT molecular complexity index is 399. The fourth-order valence-corrected chi connectivity index (χ4v) is 1.49. The molecule has 0 saturated heterocycles. The molecule has 1 aromatic rings. The van der Waals surface area contributed by atoms with Gasteiger partial charge < -0.3 is 10.1 Å². The van der Waals surface area contributed by atoms with Crippen molar-refractivity contribution < 1.29 is 4.74 Å². The van der Waals surface area contributed by atoms with Crippen LogP contribution in [0.2, 0.25) is 0 Å². The summed E-state index contributed by atoms with van der Waals surface area (Å²) in [5, 5.41) is 3.37. The zero-order chi connectivity index (χ0) is 13.5. The first-order valence-corrected chi connectivity index (χ1v) is 6.46. The summed E-state index contributed by atoms with van der Waals surface area (Å²) >= 11 is 0.